The molecule has 1 aliphatic heterocycles. The summed E-state index contributed by atoms with van der Waals surface area (Å²) in [6, 6.07) is 22.9. The fraction of sp³-hybridized carbons (Fsp3) is 0.222. The van der Waals surface area contributed by atoms with Gasteiger partial charge in [-0.1, -0.05) is 42.5 Å². The first-order chi connectivity index (χ1) is 16.8. The highest BCUT2D eigenvalue weighted by atomic mass is 16.3. The lowest BCUT2D eigenvalue weighted by atomic mass is 9.96. The summed E-state index contributed by atoms with van der Waals surface area (Å²) in [5.41, 5.74) is 4.70. The minimum absolute atomic E-state index is 0.401. The molecule has 3 aromatic heterocycles. The van der Waals surface area contributed by atoms with Crippen LogP contribution in [0.5, 0.6) is 0 Å². The summed E-state index contributed by atoms with van der Waals surface area (Å²) in [6.07, 6.45) is 7.59. The summed E-state index contributed by atoms with van der Waals surface area (Å²) in [5.74, 6) is 2.79. The molecule has 1 fully saturated rings. The summed E-state index contributed by atoms with van der Waals surface area (Å²) in [5, 5.41) is 8.65. The van der Waals surface area contributed by atoms with Crippen LogP contribution in [0.2, 0.25) is 0 Å². The van der Waals surface area contributed by atoms with Gasteiger partial charge in [-0.05, 0) is 55.8 Å². The number of nitrogens with one attached hydrogen (secondary N) is 1. The van der Waals surface area contributed by atoms with Gasteiger partial charge in [0.15, 0.2) is 11.6 Å². The molecule has 6 rings (SSSR count). The van der Waals surface area contributed by atoms with Crippen molar-refractivity contribution in [3.05, 3.63) is 96.9 Å². The molecule has 0 atom stereocenters. The molecule has 0 unspecified atom stereocenters. The van der Waals surface area contributed by atoms with E-state index in [4.69, 9.17) is 4.42 Å². The van der Waals surface area contributed by atoms with Crippen molar-refractivity contribution < 1.29 is 4.42 Å². The van der Waals surface area contributed by atoms with Crippen LogP contribution < -0.4 is 0 Å². The van der Waals surface area contributed by atoms with Crippen molar-refractivity contribution in [3.8, 4) is 28.5 Å². The Labute approximate surface area is 198 Å². The second-order valence-electron chi connectivity index (χ2n) is 8.77. The summed E-state index contributed by atoms with van der Waals surface area (Å²) in [6.45, 7) is 3.00. The number of hydrogen-bond acceptors (Lipinski definition) is 5. The molecule has 1 aliphatic rings. The highest BCUT2D eigenvalue weighted by molar-refractivity contribution is 5.61. The monoisotopic (exact) mass is 450 g/mol. The third kappa shape index (κ3) is 4.18. The lowest BCUT2D eigenvalue weighted by Crippen LogP contribution is -2.32. The maximum absolute atomic E-state index is 5.42. The Morgan fingerprint density at radius 3 is 2.65 bits per heavy atom. The molecule has 1 saturated heterocycles. The fourth-order valence-corrected chi connectivity index (χ4v) is 4.73. The van der Waals surface area contributed by atoms with E-state index in [0.717, 1.165) is 61.0 Å². The van der Waals surface area contributed by atoms with Gasteiger partial charge in [-0.15, -0.1) is 10.2 Å². The molecule has 0 spiro atoms. The van der Waals surface area contributed by atoms with Crippen LogP contribution in [-0.2, 0) is 6.54 Å². The van der Waals surface area contributed by atoms with Gasteiger partial charge in [0, 0.05) is 23.7 Å². The summed E-state index contributed by atoms with van der Waals surface area (Å²) < 4.78 is 7.58. The zero-order chi connectivity index (χ0) is 22.7. The van der Waals surface area contributed by atoms with E-state index in [1.165, 1.54) is 5.56 Å². The first-order valence-corrected chi connectivity index (χ1v) is 11.7. The number of aromatic nitrogens is 5. The molecule has 0 bridgehead atoms. The number of furan rings is 1. The number of rotatable bonds is 6. The van der Waals surface area contributed by atoms with Crippen molar-refractivity contribution in [1.29, 1.82) is 0 Å². The van der Waals surface area contributed by atoms with E-state index in [0.29, 0.717) is 11.7 Å². The maximum atomic E-state index is 5.42. The first kappa shape index (κ1) is 20.6. The van der Waals surface area contributed by atoms with Crippen molar-refractivity contribution in [3.63, 3.8) is 0 Å². The zero-order valence-corrected chi connectivity index (χ0v) is 18.8. The summed E-state index contributed by atoms with van der Waals surface area (Å²) >= 11 is 0. The number of likely N-dealkylation sites (tertiary alicyclic amines) is 1. The fourth-order valence-electron chi connectivity index (χ4n) is 4.73. The first-order valence-electron chi connectivity index (χ1n) is 11.7. The molecule has 1 N–H and O–H groups in total. The molecule has 0 aliphatic carbocycles. The predicted octanol–water partition coefficient (Wildman–Crippen LogP) is 5.30. The van der Waals surface area contributed by atoms with Crippen LogP contribution in [0, 0.1) is 0 Å². The molecule has 0 saturated carbocycles. The smallest absolute Gasteiger partial charge is 0.197 e. The van der Waals surface area contributed by atoms with E-state index in [-0.39, 0.29) is 0 Å². The number of aromatic amines is 1. The number of piperidine rings is 1. The topological polar surface area (TPSA) is 75.8 Å². The van der Waals surface area contributed by atoms with E-state index in [1.807, 2.05) is 30.7 Å². The molecule has 7 heteroatoms. The van der Waals surface area contributed by atoms with Gasteiger partial charge in [0.2, 0.25) is 0 Å². The van der Waals surface area contributed by atoms with Gasteiger partial charge in [0.25, 0.3) is 0 Å². The minimum Gasteiger partial charge on any atom is -0.461 e. The van der Waals surface area contributed by atoms with Crippen molar-refractivity contribution in [2.24, 2.45) is 0 Å². The van der Waals surface area contributed by atoms with E-state index in [1.54, 1.807) is 6.26 Å². The second-order valence-corrected chi connectivity index (χ2v) is 8.77. The minimum atomic E-state index is 0.401. The molecule has 7 nitrogen and oxygen atoms in total. The van der Waals surface area contributed by atoms with Crippen LogP contribution in [0.1, 0.15) is 30.1 Å². The molecule has 5 aromatic rings. The maximum Gasteiger partial charge on any atom is 0.197 e. The van der Waals surface area contributed by atoms with Crippen molar-refractivity contribution in [2.45, 2.75) is 25.3 Å². The van der Waals surface area contributed by atoms with Gasteiger partial charge in [0.05, 0.1) is 24.5 Å². The van der Waals surface area contributed by atoms with Gasteiger partial charge in [-0.25, -0.2) is 4.98 Å². The van der Waals surface area contributed by atoms with Crippen LogP contribution in [0.25, 0.3) is 28.5 Å². The summed E-state index contributed by atoms with van der Waals surface area (Å²) in [7, 11) is 0. The standard InChI is InChI=1S/C27H26N6O/c1-2-7-21(8-3-1)24-17-28-19-33(24)23-9-4-6-20(16-23)18-32-13-11-22(12-14-32)26-29-27(31-30-26)25-10-5-15-34-25/h1-10,15-17,19,22H,11-14,18H2,(H,29,30,31). The second kappa shape index (κ2) is 9.11. The van der Waals surface area contributed by atoms with Crippen molar-refractivity contribution in [1.82, 2.24) is 29.6 Å². The van der Waals surface area contributed by atoms with E-state index >= 15 is 0 Å². The number of nitrogens with zero attached hydrogens (tertiary/aromatic N) is 5. The van der Waals surface area contributed by atoms with Crippen LogP contribution in [0.3, 0.4) is 0 Å². The van der Waals surface area contributed by atoms with E-state index in [2.05, 4.69) is 78.2 Å². The molecular formula is C27H26N6O. The van der Waals surface area contributed by atoms with Crippen molar-refractivity contribution in [2.75, 3.05) is 13.1 Å². The Morgan fingerprint density at radius 1 is 0.941 bits per heavy atom. The lowest BCUT2D eigenvalue weighted by molar-refractivity contribution is 0.202. The number of hydrogen-bond donors (Lipinski definition) is 1. The Kier molecular flexibility index (Phi) is 5.53. The lowest BCUT2D eigenvalue weighted by Gasteiger charge is -2.31. The summed E-state index contributed by atoms with van der Waals surface area (Å²) in [4.78, 5) is 10.3. The normalized spacial score (nSPS) is 15.1. The van der Waals surface area contributed by atoms with Crippen molar-refractivity contribution >= 4 is 0 Å². The number of imidazole rings is 1. The molecule has 170 valence electrons. The Hall–Kier alpha value is -3.97. The number of H-pyrrole nitrogens is 1. The Bertz CT molecular complexity index is 1350. The third-order valence-electron chi connectivity index (χ3n) is 6.54. The largest absolute Gasteiger partial charge is 0.461 e. The van der Waals surface area contributed by atoms with E-state index in [9.17, 15) is 0 Å². The molecule has 34 heavy (non-hydrogen) atoms. The number of benzene rings is 2. The van der Waals surface area contributed by atoms with Gasteiger partial charge in [-0.3, -0.25) is 9.47 Å². The third-order valence-corrected chi connectivity index (χ3v) is 6.54. The highest BCUT2D eigenvalue weighted by Crippen LogP contribution is 2.28. The van der Waals surface area contributed by atoms with E-state index < -0.39 is 0 Å². The highest BCUT2D eigenvalue weighted by Gasteiger charge is 2.24. The Morgan fingerprint density at radius 2 is 1.82 bits per heavy atom. The quantitative estimate of drug-likeness (QED) is 0.380. The average molecular weight is 451 g/mol. The molecule has 0 radical (unpaired) electrons. The molecule has 4 heterocycles. The van der Waals surface area contributed by atoms with Gasteiger partial charge in [-0.2, -0.15) is 0 Å². The SMILES string of the molecule is c1ccc(-c2cncn2-c2cccc(CN3CCC(c4nnc(-c5ccco5)[nH]4)CC3)c2)cc1. The van der Waals surface area contributed by atoms with Gasteiger partial charge < -0.3 is 9.40 Å². The molecule has 0 amide bonds. The average Bonchev–Trinajstić information content (AvgIpc) is 3.67. The van der Waals surface area contributed by atoms with Gasteiger partial charge >= 0.3 is 0 Å². The van der Waals surface area contributed by atoms with Crippen LogP contribution in [0.4, 0.5) is 0 Å². The van der Waals surface area contributed by atoms with Gasteiger partial charge in [0.1, 0.15) is 5.82 Å². The van der Waals surface area contributed by atoms with Crippen LogP contribution in [-0.4, -0.2) is 42.7 Å². The molecule has 2 aromatic carbocycles. The Balaban J connectivity index is 1.12. The van der Waals surface area contributed by atoms with Crippen LogP contribution in [0.15, 0.2) is 89.9 Å². The molecular weight excluding hydrogens is 424 g/mol. The van der Waals surface area contributed by atoms with Crippen LogP contribution >= 0.6 is 0 Å². The zero-order valence-electron chi connectivity index (χ0n) is 18.8. The predicted molar refractivity (Wildman–Crippen MR) is 130 cm³/mol.